The van der Waals surface area contributed by atoms with E-state index < -0.39 is 17.9 Å². The zero-order valence-electron chi connectivity index (χ0n) is 13.5. The van der Waals surface area contributed by atoms with Gasteiger partial charge in [-0.1, -0.05) is 12.1 Å². The molecular formula is C17H15ClN2O5. The van der Waals surface area contributed by atoms with Crippen molar-refractivity contribution in [2.75, 3.05) is 20.1 Å². The topological polar surface area (TPSA) is 112 Å². The summed E-state index contributed by atoms with van der Waals surface area (Å²) in [4.78, 5) is 24.6. The van der Waals surface area contributed by atoms with E-state index in [0.717, 1.165) is 0 Å². The van der Waals surface area contributed by atoms with Gasteiger partial charge in [-0.2, -0.15) is 5.26 Å². The van der Waals surface area contributed by atoms with Crippen LogP contribution in [-0.2, 0) is 23.8 Å². The quantitative estimate of drug-likeness (QED) is 0.640. The molecule has 2 N–H and O–H groups in total. The fraction of sp³-hybridized carbons (Fsp3) is 0.235. The van der Waals surface area contributed by atoms with E-state index in [4.69, 9.17) is 36.8 Å². The molecule has 130 valence electrons. The molecule has 25 heavy (non-hydrogen) atoms. The van der Waals surface area contributed by atoms with Gasteiger partial charge in [-0.05, 0) is 17.7 Å². The van der Waals surface area contributed by atoms with Crippen LogP contribution < -0.4 is 5.73 Å². The first-order valence-corrected chi connectivity index (χ1v) is 7.65. The zero-order valence-corrected chi connectivity index (χ0v) is 14.3. The fourth-order valence-corrected chi connectivity index (χ4v) is 2.74. The van der Waals surface area contributed by atoms with E-state index in [-0.39, 0.29) is 28.7 Å². The second-order valence-corrected chi connectivity index (χ2v) is 5.27. The predicted octanol–water partition coefficient (Wildman–Crippen LogP) is 1.68. The van der Waals surface area contributed by atoms with E-state index in [0.29, 0.717) is 11.1 Å². The van der Waals surface area contributed by atoms with Crippen LogP contribution in [0.2, 0.25) is 0 Å². The highest BCUT2D eigenvalue weighted by Crippen LogP contribution is 2.40. The molecule has 8 heteroatoms. The van der Waals surface area contributed by atoms with Crippen LogP contribution in [0, 0.1) is 11.3 Å². The number of carbonyl (C=O) groups excluding carboxylic acids is 2. The predicted molar refractivity (Wildman–Crippen MR) is 88.0 cm³/mol. The molecule has 2 rings (SSSR count). The number of rotatable bonds is 4. The summed E-state index contributed by atoms with van der Waals surface area (Å²) in [5, 5.41) is 8.94. The SMILES string of the molecule is COC(=O)C1=C(N)OC(CCl)=C(C(=O)OC)[C@H]1c1ccc(C#N)cc1. The van der Waals surface area contributed by atoms with Crippen molar-refractivity contribution in [1.82, 2.24) is 0 Å². The maximum atomic E-state index is 12.3. The zero-order chi connectivity index (χ0) is 18.6. The van der Waals surface area contributed by atoms with Gasteiger partial charge in [-0.15, -0.1) is 11.6 Å². The van der Waals surface area contributed by atoms with Crippen LogP contribution in [0.4, 0.5) is 0 Å². The number of esters is 2. The van der Waals surface area contributed by atoms with Crippen LogP contribution in [-0.4, -0.2) is 32.0 Å². The number of nitrogens with two attached hydrogens (primary N) is 1. The first-order valence-electron chi connectivity index (χ1n) is 7.11. The number of hydrogen-bond acceptors (Lipinski definition) is 7. The Hall–Kier alpha value is -2.98. The number of benzene rings is 1. The molecule has 0 amide bonds. The van der Waals surface area contributed by atoms with Crippen LogP contribution in [0.5, 0.6) is 0 Å². The molecule has 0 bridgehead atoms. The van der Waals surface area contributed by atoms with E-state index >= 15 is 0 Å². The van der Waals surface area contributed by atoms with Crippen molar-refractivity contribution in [3.8, 4) is 6.07 Å². The molecule has 0 spiro atoms. The lowest BCUT2D eigenvalue weighted by atomic mass is 9.82. The molecule has 1 aliphatic rings. The van der Waals surface area contributed by atoms with Crippen molar-refractivity contribution in [3.05, 3.63) is 58.2 Å². The van der Waals surface area contributed by atoms with Gasteiger partial charge in [0.1, 0.15) is 11.3 Å². The normalized spacial score (nSPS) is 16.8. The second-order valence-electron chi connectivity index (χ2n) is 5.00. The van der Waals surface area contributed by atoms with Gasteiger partial charge >= 0.3 is 11.9 Å². The Bertz CT molecular complexity index is 805. The van der Waals surface area contributed by atoms with Gasteiger partial charge < -0.3 is 19.9 Å². The van der Waals surface area contributed by atoms with E-state index in [1.807, 2.05) is 6.07 Å². The van der Waals surface area contributed by atoms with Crippen LogP contribution in [0.25, 0.3) is 0 Å². The molecule has 0 unspecified atom stereocenters. The third-order valence-electron chi connectivity index (χ3n) is 3.68. The van der Waals surface area contributed by atoms with Crippen molar-refractivity contribution in [1.29, 1.82) is 5.26 Å². The Balaban J connectivity index is 2.71. The highest BCUT2D eigenvalue weighted by Gasteiger charge is 2.40. The highest BCUT2D eigenvalue weighted by molar-refractivity contribution is 6.19. The summed E-state index contributed by atoms with van der Waals surface area (Å²) >= 11 is 5.88. The van der Waals surface area contributed by atoms with Crippen LogP contribution in [0.15, 0.2) is 47.1 Å². The summed E-state index contributed by atoms with van der Waals surface area (Å²) < 4.78 is 14.9. The number of carbonyl (C=O) groups is 2. The highest BCUT2D eigenvalue weighted by atomic mass is 35.5. The molecule has 1 aromatic rings. The molecule has 0 aliphatic carbocycles. The lowest BCUT2D eigenvalue weighted by Crippen LogP contribution is -2.30. The van der Waals surface area contributed by atoms with Crippen molar-refractivity contribution in [3.63, 3.8) is 0 Å². The minimum Gasteiger partial charge on any atom is -0.466 e. The van der Waals surface area contributed by atoms with E-state index in [1.54, 1.807) is 24.3 Å². The fourth-order valence-electron chi connectivity index (χ4n) is 2.54. The largest absolute Gasteiger partial charge is 0.466 e. The van der Waals surface area contributed by atoms with Gasteiger partial charge in [0.25, 0.3) is 0 Å². The molecule has 0 radical (unpaired) electrons. The van der Waals surface area contributed by atoms with Crippen molar-refractivity contribution >= 4 is 23.5 Å². The number of ether oxygens (including phenoxy) is 3. The van der Waals surface area contributed by atoms with Crippen LogP contribution in [0.3, 0.4) is 0 Å². The molecule has 0 saturated carbocycles. The second kappa shape index (κ2) is 7.73. The third kappa shape index (κ3) is 3.44. The summed E-state index contributed by atoms with van der Waals surface area (Å²) in [6, 6.07) is 8.34. The summed E-state index contributed by atoms with van der Waals surface area (Å²) in [7, 11) is 2.40. The number of nitrogens with zero attached hydrogens (tertiary/aromatic N) is 1. The minimum atomic E-state index is -0.893. The molecule has 1 aliphatic heterocycles. The van der Waals surface area contributed by atoms with E-state index in [2.05, 4.69) is 0 Å². The average Bonchev–Trinajstić information content (AvgIpc) is 2.65. The Morgan fingerprint density at radius 1 is 1.20 bits per heavy atom. The summed E-state index contributed by atoms with van der Waals surface area (Å²) in [5.74, 6) is -2.61. The van der Waals surface area contributed by atoms with Gasteiger partial charge in [-0.3, -0.25) is 0 Å². The Kier molecular flexibility index (Phi) is 5.67. The molecule has 0 fully saturated rings. The van der Waals surface area contributed by atoms with Crippen LogP contribution >= 0.6 is 11.6 Å². The van der Waals surface area contributed by atoms with Gasteiger partial charge in [0.05, 0.1) is 43.2 Å². The summed E-state index contributed by atoms with van der Waals surface area (Å²) in [6.45, 7) is 0. The molecule has 1 heterocycles. The Morgan fingerprint density at radius 3 is 2.24 bits per heavy atom. The lowest BCUT2D eigenvalue weighted by molar-refractivity contribution is -0.137. The number of alkyl halides is 1. The number of nitriles is 1. The van der Waals surface area contributed by atoms with Gasteiger partial charge in [0.15, 0.2) is 0 Å². The molecule has 1 atom stereocenters. The first kappa shape index (κ1) is 18.4. The van der Waals surface area contributed by atoms with Gasteiger partial charge in [0.2, 0.25) is 5.88 Å². The number of hydrogen-bond donors (Lipinski definition) is 1. The smallest absolute Gasteiger partial charge is 0.340 e. The molecule has 0 saturated heterocycles. The number of allylic oxidation sites excluding steroid dienone is 1. The first-order chi connectivity index (χ1) is 12.0. The number of methoxy groups -OCH3 is 2. The molecule has 1 aromatic carbocycles. The Labute approximate surface area is 149 Å². The molecule has 0 aromatic heterocycles. The molecular weight excluding hydrogens is 348 g/mol. The minimum absolute atomic E-state index is 0.0403. The maximum Gasteiger partial charge on any atom is 0.340 e. The summed E-state index contributed by atoms with van der Waals surface area (Å²) in [6.07, 6.45) is 0. The third-order valence-corrected chi connectivity index (χ3v) is 3.92. The Morgan fingerprint density at radius 2 is 1.76 bits per heavy atom. The van der Waals surface area contributed by atoms with Crippen LogP contribution in [0.1, 0.15) is 17.0 Å². The monoisotopic (exact) mass is 362 g/mol. The summed E-state index contributed by atoms with van der Waals surface area (Å²) in [5.41, 5.74) is 6.84. The average molecular weight is 363 g/mol. The molecule has 7 nitrogen and oxygen atoms in total. The van der Waals surface area contributed by atoms with E-state index in [9.17, 15) is 9.59 Å². The van der Waals surface area contributed by atoms with Crippen molar-refractivity contribution < 1.29 is 23.8 Å². The maximum absolute atomic E-state index is 12.3. The number of halogens is 1. The van der Waals surface area contributed by atoms with E-state index in [1.165, 1.54) is 14.2 Å². The van der Waals surface area contributed by atoms with Gasteiger partial charge in [-0.25, -0.2) is 9.59 Å². The standard InChI is InChI=1S/C17H15ClN2O5/c1-23-16(21)13-11(7-18)25-15(20)14(17(22)24-2)12(13)10-5-3-9(8-19)4-6-10/h3-6,12H,7,20H2,1-2H3/t12-/m1/s1. The van der Waals surface area contributed by atoms with Gasteiger partial charge in [0, 0.05) is 0 Å². The van der Waals surface area contributed by atoms with Crippen molar-refractivity contribution in [2.24, 2.45) is 5.73 Å². The van der Waals surface area contributed by atoms with Crippen molar-refractivity contribution in [2.45, 2.75) is 5.92 Å². The lowest BCUT2D eigenvalue weighted by Gasteiger charge is -2.28.